The van der Waals surface area contributed by atoms with Crippen molar-refractivity contribution in [2.45, 2.75) is 6.92 Å². The molecule has 3 nitrogen and oxygen atoms in total. The number of para-hydroxylation sites is 1. The molecule has 0 radical (unpaired) electrons. The molecule has 0 amide bonds. The van der Waals surface area contributed by atoms with Gasteiger partial charge in [0, 0.05) is 6.07 Å². The molecule has 0 N–H and O–H groups in total. The molecule has 0 aromatic heterocycles. The van der Waals surface area contributed by atoms with Crippen LogP contribution in [0.5, 0.6) is 0 Å². The Balaban J connectivity index is 3.35. The minimum atomic E-state index is -0.463. The average Bonchev–Trinajstić information content (AvgIpc) is 2.16. The molecule has 1 aromatic carbocycles. The minimum Gasteiger partial charge on any atom is -0.258 e. The van der Waals surface area contributed by atoms with E-state index in [0.717, 1.165) is 0 Å². The summed E-state index contributed by atoms with van der Waals surface area (Å²) in [5.41, 5.74) is 0.946. The topological polar surface area (TPSA) is 43.1 Å². The Bertz CT molecular complexity index is 398. The highest BCUT2D eigenvalue weighted by atomic mass is 35.5. The van der Waals surface area contributed by atoms with E-state index >= 15 is 0 Å². The van der Waals surface area contributed by atoms with Gasteiger partial charge >= 0.3 is 0 Å². The fourth-order valence-corrected chi connectivity index (χ4v) is 1.26. The summed E-state index contributed by atoms with van der Waals surface area (Å²) in [6.07, 6.45) is 0. The van der Waals surface area contributed by atoms with Gasteiger partial charge in [0.15, 0.2) is 0 Å². The van der Waals surface area contributed by atoms with Gasteiger partial charge in [-0.15, -0.1) is 0 Å². The Kier molecular flexibility index (Phi) is 3.49. The van der Waals surface area contributed by atoms with E-state index in [2.05, 4.69) is 0 Å². The third-order valence-corrected chi connectivity index (χ3v) is 2.36. The predicted octanol–water partition coefficient (Wildman–Crippen LogP) is 3.76. The van der Waals surface area contributed by atoms with E-state index in [1.165, 1.54) is 6.07 Å². The maximum absolute atomic E-state index is 10.6. The maximum atomic E-state index is 10.6. The van der Waals surface area contributed by atoms with Crippen LogP contribution in [0.3, 0.4) is 0 Å². The average molecular weight is 232 g/mol. The van der Waals surface area contributed by atoms with Crippen molar-refractivity contribution in [3.8, 4) is 0 Å². The van der Waals surface area contributed by atoms with Crippen molar-refractivity contribution in [2.24, 2.45) is 0 Å². The molecule has 0 saturated carbocycles. The molecule has 74 valence electrons. The van der Waals surface area contributed by atoms with Gasteiger partial charge in [-0.3, -0.25) is 10.1 Å². The Morgan fingerprint density at radius 3 is 2.43 bits per heavy atom. The summed E-state index contributed by atoms with van der Waals surface area (Å²) in [6.45, 7) is 1.64. The van der Waals surface area contributed by atoms with Crippen molar-refractivity contribution >= 4 is 34.5 Å². The highest BCUT2D eigenvalue weighted by Gasteiger charge is 2.14. The van der Waals surface area contributed by atoms with E-state index in [4.69, 9.17) is 23.2 Å². The first-order valence-corrected chi connectivity index (χ1v) is 4.55. The van der Waals surface area contributed by atoms with E-state index in [0.29, 0.717) is 11.1 Å². The molecule has 14 heavy (non-hydrogen) atoms. The fourth-order valence-electron chi connectivity index (χ4n) is 1.05. The number of hydrogen-bond donors (Lipinski definition) is 0. The quantitative estimate of drug-likeness (QED) is 0.575. The highest BCUT2D eigenvalue weighted by molar-refractivity contribution is 6.58. The van der Waals surface area contributed by atoms with E-state index in [-0.39, 0.29) is 10.2 Å². The van der Waals surface area contributed by atoms with Crippen LogP contribution in [0.15, 0.2) is 28.8 Å². The van der Waals surface area contributed by atoms with E-state index < -0.39 is 4.92 Å². The lowest BCUT2D eigenvalue weighted by atomic mass is 10.1. The molecule has 0 unspecified atom stereocenters. The van der Waals surface area contributed by atoms with E-state index in [9.17, 15) is 10.1 Å². The van der Waals surface area contributed by atoms with Crippen LogP contribution in [0.1, 0.15) is 12.5 Å². The molecule has 0 aliphatic rings. The zero-order valence-electron chi connectivity index (χ0n) is 7.33. The van der Waals surface area contributed by atoms with Crippen LogP contribution in [-0.2, 0) is 0 Å². The van der Waals surface area contributed by atoms with Crippen molar-refractivity contribution in [1.29, 1.82) is 0 Å². The Morgan fingerprint density at radius 2 is 1.93 bits per heavy atom. The molecule has 0 saturated heterocycles. The lowest BCUT2D eigenvalue weighted by Crippen LogP contribution is -1.93. The van der Waals surface area contributed by atoms with Crippen LogP contribution >= 0.6 is 23.2 Å². The molecule has 0 fully saturated rings. The maximum Gasteiger partial charge on any atom is 0.276 e. The molecule has 0 heterocycles. The molecule has 1 aromatic rings. The normalized spacial score (nSPS) is 9.64. The van der Waals surface area contributed by atoms with Crippen molar-refractivity contribution in [3.63, 3.8) is 0 Å². The SMILES string of the molecule is CC(=C(Cl)Cl)c1ccccc1[N+](=O)[O-]. The summed E-state index contributed by atoms with van der Waals surface area (Å²) in [4.78, 5) is 10.2. The van der Waals surface area contributed by atoms with Gasteiger partial charge in [-0.05, 0) is 18.6 Å². The van der Waals surface area contributed by atoms with Crippen molar-refractivity contribution in [3.05, 3.63) is 44.4 Å². The van der Waals surface area contributed by atoms with Gasteiger partial charge < -0.3 is 0 Å². The summed E-state index contributed by atoms with van der Waals surface area (Å²) >= 11 is 11.1. The molecule has 0 aliphatic carbocycles. The van der Waals surface area contributed by atoms with Crippen LogP contribution in [0.2, 0.25) is 0 Å². The third-order valence-electron chi connectivity index (χ3n) is 1.79. The molecule has 0 aliphatic heterocycles. The highest BCUT2D eigenvalue weighted by Crippen LogP contribution is 2.30. The molecule has 1 rings (SSSR count). The summed E-state index contributed by atoms with van der Waals surface area (Å²) in [7, 11) is 0. The molecule has 0 spiro atoms. The molecular formula is C9H7Cl2NO2. The number of hydrogen-bond acceptors (Lipinski definition) is 2. The number of allylic oxidation sites excluding steroid dienone is 1. The number of nitro groups is 1. The van der Waals surface area contributed by atoms with Crippen LogP contribution in [0.4, 0.5) is 5.69 Å². The molecular weight excluding hydrogens is 225 g/mol. The monoisotopic (exact) mass is 231 g/mol. The standard InChI is InChI=1S/C9H7Cl2NO2/c1-6(9(10)11)7-4-2-3-5-8(7)12(13)14/h2-5H,1H3. The van der Waals surface area contributed by atoms with Gasteiger partial charge in [-0.2, -0.15) is 0 Å². The number of benzene rings is 1. The van der Waals surface area contributed by atoms with Gasteiger partial charge in [0.05, 0.1) is 10.5 Å². The van der Waals surface area contributed by atoms with Crippen molar-refractivity contribution in [2.75, 3.05) is 0 Å². The van der Waals surface area contributed by atoms with Gasteiger partial charge in [0.25, 0.3) is 5.69 Å². The number of nitro benzene ring substituents is 1. The van der Waals surface area contributed by atoms with Gasteiger partial charge in [0.1, 0.15) is 4.49 Å². The first kappa shape index (κ1) is 11.0. The van der Waals surface area contributed by atoms with Gasteiger partial charge in [-0.25, -0.2) is 0 Å². The van der Waals surface area contributed by atoms with Crippen molar-refractivity contribution in [1.82, 2.24) is 0 Å². The number of nitrogens with zero attached hydrogens (tertiary/aromatic N) is 1. The minimum absolute atomic E-state index is 0.00352. The Labute approximate surface area is 91.1 Å². The Hall–Kier alpha value is -1.06. The smallest absolute Gasteiger partial charge is 0.258 e. The predicted molar refractivity (Wildman–Crippen MR) is 57.4 cm³/mol. The van der Waals surface area contributed by atoms with Gasteiger partial charge in [0.2, 0.25) is 0 Å². The summed E-state index contributed by atoms with van der Waals surface area (Å²) in [6, 6.07) is 6.31. The molecule has 0 bridgehead atoms. The van der Waals surface area contributed by atoms with Crippen molar-refractivity contribution < 1.29 is 4.92 Å². The lowest BCUT2D eigenvalue weighted by molar-refractivity contribution is -0.385. The second-order valence-electron chi connectivity index (χ2n) is 2.66. The first-order valence-electron chi connectivity index (χ1n) is 3.79. The summed E-state index contributed by atoms with van der Waals surface area (Å²) in [5.74, 6) is 0. The van der Waals surface area contributed by atoms with Gasteiger partial charge in [-0.1, -0.05) is 35.3 Å². The Morgan fingerprint density at radius 1 is 1.36 bits per heavy atom. The van der Waals surface area contributed by atoms with E-state index in [1.54, 1.807) is 25.1 Å². The zero-order chi connectivity index (χ0) is 10.7. The van der Waals surface area contributed by atoms with Crippen LogP contribution in [0.25, 0.3) is 5.57 Å². The second-order valence-corrected chi connectivity index (χ2v) is 3.61. The zero-order valence-corrected chi connectivity index (χ0v) is 8.84. The fraction of sp³-hybridized carbons (Fsp3) is 0.111. The lowest BCUT2D eigenvalue weighted by Gasteiger charge is -2.02. The van der Waals surface area contributed by atoms with Crippen LogP contribution in [-0.4, -0.2) is 4.92 Å². The summed E-state index contributed by atoms with van der Waals surface area (Å²) < 4.78 is 0.0410. The third kappa shape index (κ3) is 2.25. The largest absolute Gasteiger partial charge is 0.276 e. The first-order chi connectivity index (χ1) is 6.54. The molecule has 0 atom stereocenters. The number of rotatable bonds is 2. The molecule has 5 heteroatoms. The van der Waals surface area contributed by atoms with E-state index in [1.807, 2.05) is 0 Å². The second kappa shape index (κ2) is 4.44. The van der Waals surface area contributed by atoms with Crippen LogP contribution < -0.4 is 0 Å². The number of halogens is 2. The summed E-state index contributed by atoms with van der Waals surface area (Å²) in [5, 5.41) is 10.6. The van der Waals surface area contributed by atoms with Crippen LogP contribution in [0, 0.1) is 10.1 Å².